The van der Waals surface area contributed by atoms with Crippen molar-refractivity contribution in [2.24, 2.45) is 5.41 Å². The van der Waals surface area contributed by atoms with Crippen molar-refractivity contribution in [2.75, 3.05) is 0 Å². The predicted molar refractivity (Wildman–Crippen MR) is 113 cm³/mol. The standard InChI is InChI=1S/C24H35NO/c1-8-14-24(7,9-2)17(3)25-22(26)20-11-10-19-16-21(23(4,5)6)13-12-18(19)15-20/h10-13,15-17H,8-9,14H2,1-7H3,(H,25,26). The molecule has 0 saturated carbocycles. The first-order valence-corrected chi connectivity index (χ1v) is 9.96. The fourth-order valence-corrected chi connectivity index (χ4v) is 3.58. The summed E-state index contributed by atoms with van der Waals surface area (Å²) in [4.78, 5) is 12.8. The Balaban J connectivity index is 2.23. The van der Waals surface area contributed by atoms with Gasteiger partial charge in [-0.1, -0.05) is 72.2 Å². The number of carbonyl (C=O) groups is 1. The molecule has 0 heterocycles. The third kappa shape index (κ3) is 4.47. The second kappa shape index (κ2) is 7.82. The third-order valence-corrected chi connectivity index (χ3v) is 5.99. The smallest absolute Gasteiger partial charge is 0.251 e. The molecule has 0 saturated heterocycles. The lowest BCUT2D eigenvalue weighted by Crippen LogP contribution is -2.44. The first kappa shape index (κ1) is 20.5. The van der Waals surface area contributed by atoms with Crippen LogP contribution in [0.2, 0.25) is 0 Å². The summed E-state index contributed by atoms with van der Waals surface area (Å²) in [7, 11) is 0. The van der Waals surface area contributed by atoms with E-state index < -0.39 is 0 Å². The van der Waals surface area contributed by atoms with Gasteiger partial charge in [0.05, 0.1) is 0 Å². The third-order valence-electron chi connectivity index (χ3n) is 5.99. The van der Waals surface area contributed by atoms with Crippen molar-refractivity contribution in [1.29, 1.82) is 0 Å². The fraction of sp³-hybridized carbons (Fsp3) is 0.542. The summed E-state index contributed by atoms with van der Waals surface area (Å²) in [6.07, 6.45) is 3.32. The van der Waals surface area contributed by atoms with E-state index in [2.05, 4.69) is 78.0 Å². The van der Waals surface area contributed by atoms with Gasteiger partial charge in [-0.15, -0.1) is 0 Å². The Bertz CT molecular complexity index is 771. The monoisotopic (exact) mass is 353 g/mol. The Labute approximate surface area is 159 Å². The van der Waals surface area contributed by atoms with Gasteiger partial charge in [0.25, 0.3) is 5.91 Å². The lowest BCUT2D eigenvalue weighted by atomic mass is 9.76. The Kier molecular flexibility index (Phi) is 6.16. The highest BCUT2D eigenvalue weighted by molar-refractivity contribution is 5.98. The van der Waals surface area contributed by atoms with Crippen molar-refractivity contribution in [3.05, 3.63) is 47.5 Å². The highest BCUT2D eigenvalue weighted by Gasteiger charge is 2.29. The second-order valence-electron chi connectivity index (χ2n) is 8.98. The minimum Gasteiger partial charge on any atom is -0.349 e. The van der Waals surface area contributed by atoms with E-state index >= 15 is 0 Å². The van der Waals surface area contributed by atoms with Crippen LogP contribution >= 0.6 is 0 Å². The molecule has 0 aliphatic carbocycles. The molecule has 0 aromatic heterocycles. The van der Waals surface area contributed by atoms with E-state index in [4.69, 9.17) is 0 Å². The van der Waals surface area contributed by atoms with E-state index in [1.807, 2.05) is 12.1 Å². The van der Waals surface area contributed by atoms with Gasteiger partial charge in [0, 0.05) is 11.6 Å². The zero-order valence-electron chi connectivity index (χ0n) is 17.6. The normalized spacial score (nSPS) is 15.5. The molecule has 2 aromatic carbocycles. The molecule has 0 aliphatic rings. The molecule has 26 heavy (non-hydrogen) atoms. The lowest BCUT2D eigenvalue weighted by Gasteiger charge is -2.35. The summed E-state index contributed by atoms with van der Waals surface area (Å²) in [5, 5.41) is 5.54. The maximum absolute atomic E-state index is 12.8. The first-order chi connectivity index (χ1) is 12.1. The molecule has 2 unspecified atom stereocenters. The summed E-state index contributed by atoms with van der Waals surface area (Å²) in [5.41, 5.74) is 2.32. The molecule has 0 fully saturated rings. The maximum atomic E-state index is 12.8. The van der Waals surface area contributed by atoms with E-state index in [-0.39, 0.29) is 22.8 Å². The average molecular weight is 354 g/mol. The van der Waals surface area contributed by atoms with Gasteiger partial charge in [0.2, 0.25) is 0 Å². The highest BCUT2D eigenvalue weighted by atomic mass is 16.1. The molecule has 1 N–H and O–H groups in total. The van der Waals surface area contributed by atoms with Crippen LogP contribution < -0.4 is 5.32 Å². The van der Waals surface area contributed by atoms with Gasteiger partial charge >= 0.3 is 0 Å². The van der Waals surface area contributed by atoms with E-state index in [1.54, 1.807) is 0 Å². The Morgan fingerprint density at radius 1 is 1.00 bits per heavy atom. The minimum atomic E-state index is 0.0232. The van der Waals surface area contributed by atoms with Crippen molar-refractivity contribution >= 4 is 16.7 Å². The number of benzene rings is 2. The summed E-state index contributed by atoms with van der Waals surface area (Å²) in [6.45, 7) is 15.5. The summed E-state index contributed by atoms with van der Waals surface area (Å²) < 4.78 is 0. The molecular weight excluding hydrogens is 318 g/mol. The molecule has 2 nitrogen and oxygen atoms in total. The van der Waals surface area contributed by atoms with E-state index in [1.165, 1.54) is 10.9 Å². The molecule has 2 aromatic rings. The first-order valence-electron chi connectivity index (χ1n) is 9.96. The zero-order valence-corrected chi connectivity index (χ0v) is 17.6. The number of amides is 1. The van der Waals surface area contributed by atoms with Gasteiger partial charge in [-0.05, 0) is 59.1 Å². The van der Waals surface area contributed by atoms with Gasteiger partial charge in [0.15, 0.2) is 0 Å². The molecule has 1 amide bonds. The van der Waals surface area contributed by atoms with Crippen LogP contribution in [0.3, 0.4) is 0 Å². The number of carbonyl (C=O) groups excluding carboxylic acids is 1. The fourth-order valence-electron chi connectivity index (χ4n) is 3.58. The van der Waals surface area contributed by atoms with Gasteiger partial charge < -0.3 is 5.32 Å². The van der Waals surface area contributed by atoms with E-state index in [9.17, 15) is 4.79 Å². The second-order valence-corrected chi connectivity index (χ2v) is 8.98. The molecular formula is C24H35NO. The molecule has 0 bridgehead atoms. The molecule has 142 valence electrons. The van der Waals surface area contributed by atoms with Gasteiger partial charge in [0.1, 0.15) is 0 Å². The Morgan fingerprint density at radius 3 is 2.19 bits per heavy atom. The number of fused-ring (bicyclic) bond motifs is 1. The van der Waals surface area contributed by atoms with Crippen LogP contribution in [0.4, 0.5) is 0 Å². The Hall–Kier alpha value is -1.83. The minimum absolute atomic E-state index is 0.0232. The SMILES string of the molecule is CCCC(C)(CC)C(C)NC(=O)c1ccc2cc(C(C)(C)C)ccc2c1. The van der Waals surface area contributed by atoms with Crippen molar-refractivity contribution in [3.8, 4) is 0 Å². The van der Waals surface area contributed by atoms with Crippen LogP contribution in [0, 0.1) is 5.41 Å². The van der Waals surface area contributed by atoms with Crippen LogP contribution in [0.5, 0.6) is 0 Å². The molecule has 0 aliphatic heterocycles. The average Bonchev–Trinajstić information content (AvgIpc) is 2.59. The Morgan fingerprint density at radius 2 is 1.62 bits per heavy atom. The van der Waals surface area contributed by atoms with Crippen molar-refractivity contribution in [2.45, 2.75) is 79.2 Å². The van der Waals surface area contributed by atoms with Crippen LogP contribution in [-0.2, 0) is 5.41 Å². The van der Waals surface area contributed by atoms with Crippen molar-refractivity contribution in [3.63, 3.8) is 0 Å². The van der Waals surface area contributed by atoms with Crippen LogP contribution in [-0.4, -0.2) is 11.9 Å². The van der Waals surface area contributed by atoms with Crippen molar-refractivity contribution in [1.82, 2.24) is 5.32 Å². The summed E-state index contributed by atoms with van der Waals surface area (Å²) in [6, 6.07) is 12.7. The van der Waals surface area contributed by atoms with Crippen molar-refractivity contribution < 1.29 is 4.79 Å². The maximum Gasteiger partial charge on any atom is 0.251 e. The summed E-state index contributed by atoms with van der Waals surface area (Å²) in [5.74, 6) is 0.0232. The number of hydrogen-bond acceptors (Lipinski definition) is 1. The van der Waals surface area contributed by atoms with Crippen LogP contribution in [0.1, 0.15) is 83.7 Å². The van der Waals surface area contributed by atoms with E-state index in [0.717, 1.165) is 30.2 Å². The highest BCUT2D eigenvalue weighted by Crippen LogP contribution is 2.32. The molecule has 2 heteroatoms. The van der Waals surface area contributed by atoms with Gasteiger partial charge in [-0.3, -0.25) is 4.79 Å². The topological polar surface area (TPSA) is 29.1 Å². The molecule has 2 rings (SSSR count). The summed E-state index contributed by atoms with van der Waals surface area (Å²) >= 11 is 0. The number of nitrogens with one attached hydrogen (secondary N) is 1. The lowest BCUT2D eigenvalue weighted by molar-refractivity contribution is 0.0885. The largest absolute Gasteiger partial charge is 0.349 e. The quantitative estimate of drug-likeness (QED) is 0.633. The molecule has 2 atom stereocenters. The molecule has 0 radical (unpaired) electrons. The number of rotatable bonds is 6. The number of hydrogen-bond donors (Lipinski definition) is 1. The predicted octanol–water partition coefficient (Wildman–Crippen LogP) is 6.47. The van der Waals surface area contributed by atoms with Gasteiger partial charge in [-0.2, -0.15) is 0 Å². The van der Waals surface area contributed by atoms with Crippen LogP contribution in [0.25, 0.3) is 10.8 Å². The molecule has 0 spiro atoms. The van der Waals surface area contributed by atoms with E-state index in [0.29, 0.717) is 0 Å². The van der Waals surface area contributed by atoms with Crippen LogP contribution in [0.15, 0.2) is 36.4 Å². The zero-order chi connectivity index (χ0) is 19.5. The van der Waals surface area contributed by atoms with Gasteiger partial charge in [-0.25, -0.2) is 0 Å².